The fourth-order valence-electron chi connectivity index (χ4n) is 4.28. The standard InChI is InChI=1S/C26H22FN3O2S/c27-20-14-8-7-13-19(20)23-24(31)29(15-21(28)17-9-3-1-4-10-17)26(32)30-22(16-33-25(23)30)18-11-5-2-6-12-18/h1-14,21-22H,15-16,28H2/t21-,22?/m1/s1. The molecule has 5 nitrogen and oxygen atoms in total. The van der Waals surface area contributed by atoms with E-state index in [9.17, 15) is 14.0 Å². The number of benzene rings is 3. The van der Waals surface area contributed by atoms with Gasteiger partial charge in [-0.2, -0.15) is 0 Å². The molecule has 4 aromatic rings. The third kappa shape index (κ3) is 3.83. The molecular formula is C26H22FN3O2S. The number of hydrogen-bond donors (Lipinski definition) is 1. The van der Waals surface area contributed by atoms with Gasteiger partial charge in [0.05, 0.1) is 23.2 Å². The van der Waals surface area contributed by atoms with E-state index in [1.165, 1.54) is 17.8 Å². The summed E-state index contributed by atoms with van der Waals surface area (Å²) in [6.07, 6.45) is 0. The molecule has 166 valence electrons. The number of hydrogen-bond acceptors (Lipinski definition) is 4. The third-order valence-corrected chi connectivity index (χ3v) is 7.11. The van der Waals surface area contributed by atoms with E-state index in [1.54, 1.807) is 22.8 Å². The van der Waals surface area contributed by atoms with Gasteiger partial charge in [-0.15, -0.1) is 11.8 Å². The van der Waals surface area contributed by atoms with E-state index in [0.717, 1.165) is 15.7 Å². The van der Waals surface area contributed by atoms with Crippen LogP contribution in [-0.4, -0.2) is 14.9 Å². The van der Waals surface area contributed by atoms with Gasteiger partial charge in [0.25, 0.3) is 5.56 Å². The van der Waals surface area contributed by atoms with E-state index in [0.29, 0.717) is 10.8 Å². The van der Waals surface area contributed by atoms with E-state index < -0.39 is 23.1 Å². The minimum atomic E-state index is -0.562. The van der Waals surface area contributed by atoms with Crippen LogP contribution in [0.4, 0.5) is 4.39 Å². The fourth-order valence-corrected chi connectivity index (χ4v) is 5.62. The van der Waals surface area contributed by atoms with E-state index >= 15 is 0 Å². The molecule has 3 aromatic carbocycles. The first kappa shape index (κ1) is 21.4. The highest BCUT2D eigenvalue weighted by Crippen LogP contribution is 2.40. The van der Waals surface area contributed by atoms with Crippen LogP contribution in [0.1, 0.15) is 23.2 Å². The molecule has 1 aliphatic rings. The molecule has 7 heteroatoms. The molecule has 1 aliphatic heterocycles. The number of nitrogens with zero attached hydrogens (tertiary/aromatic N) is 2. The smallest absolute Gasteiger partial charge is 0.322 e. The molecule has 0 bridgehead atoms. The minimum absolute atomic E-state index is 0.00438. The zero-order chi connectivity index (χ0) is 22.9. The maximum absolute atomic E-state index is 14.8. The summed E-state index contributed by atoms with van der Waals surface area (Å²) >= 11 is 1.40. The van der Waals surface area contributed by atoms with Crippen LogP contribution >= 0.6 is 11.8 Å². The summed E-state index contributed by atoms with van der Waals surface area (Å²) in [7, 11) is 0. The second kappa shape index (κ2) is 8.84. The van der Waals surface area contributed by atoms with Gasteiger partial charge < -0.3 is 5.73 Å². The highest BCUT2D eigenvalue weighted by Gasteiger charge is 2.32. The molecule has 0 saturated carbocycles. The minimum Gasteiger partial charge on any atom is -0.322 e. The first-order chi connectivity index (χ1) is 16.1. The van der Waals surface area contributed by atoms with Crippen molar-refractivity contribution in [3.63, 3.8) is 0 Å². The van der Waals surface area contributed by atoms with Crippen LogP contribution in [0.5, 0.6) is 0 Å². The average Bonchev–Trinajstić information content (AvgIpc) is 3.29. The molecule has 0 radical (unpaired) electrons. The zero-order valence-corrected chi connectivity index (χ0v) is 18.5. The number of nitrogens with two attached hydrogens (primary N) is 1. The Morgan fingerprint density at radius 2 is 1.58 bits per heavy atom. The summed E-state index contributed by atoms with van der Waals surface area (Å²) in [5, 5.41) is 0.494. The summed E-state index contributed by atoms with van der Waals surface area (Å²) in [6, 6.07) is 24.4. The number of fused-ring (bicyclic) bond motifs is 1. The highest BCUT2D eigenvalue weighted by molar-refractivity contribution is 7.99. The van der Waals surface area contributed by atoms with Gasteiger partial charge in [0.1, 0.15) is 5.82 Å². The first-order valence-electron chi connectivity index (χ1n) is 10.7. The predicted molar refractivity (Wildman–Crippen MR) is 129 cm³/mol. The molecule has 33 heavy (non-hydrogen) atoms. The predicted octanol–water partition coefficient (Wildman–Crippen LogP) is 4.21. The Morgan fingerprint density at radius 1 is 0.939 bits per heavy atom. The molecule has 2 N–H and O–H groups in total. The molecule has 0 aliphatic carbocycles. The molecule has 1 unspecified atom stereocenters. The Bertz CT molecular complexity index is 1420. The van der Waals surface area contributed by atoms with E-state index in [1.807, 2.05) is 60.7 Å². The normalized spacial score (nSPS) is 15.9. The third-order valence-electron chi connectivity index (χ3n) is 5.95. The topological polar surface area (TPSA) is 70.0 Å². The van der Waals surface area contributed by atoms with Crippen LogP contribution in [0.25, 0.3) is 11.1 Å². The average molecular weight is 460 g/mol. The number of aromatic nitrogens is 2. The second-order valence-corrected chi connectivity index (χ2v) is 8.99. The maximum atomic E-state index is 14.8. The van der Waals surface area contributed by atoms with Gasteiger partial charge in [0.15, 0.2) is 0 Å². The van der Waals surface area contributed by atoms with Crippen LogP contribution in [0.15, 0.2) is 99.5 Å². The SMILES string of the molecule is N[C@H](Cn1c(=O)c(-c2ccccc2F)c2n(c1=O)C(c1ccccc1)CS2)c1ccccc1. The van der Waals surface area contributed by atoms with Gasteiger partial charge >= 0.3 is 5.69 Å². The van der Waals surface area contributed by atoms with Gasteiger partial charge in [-0.25, -0.2) is 9.18 Å². The van der Waals surface area contributed by atoms with Crippen molar-refractivity contribution in [2.45, 2.75) is 23.7 Å². The lowest BCUT2D eigenvalue weighted by atomic mass is 10.1. The van der Waals surface area contributed by atoms with Gasteiger partial charge in [0.2, 0.25) is 0 Å². The molecule has 0 spiro atoms. The van der Waals surface area contributed by atoms with Crippen LogP contribution in [0, 0.1) is 5.82 Å². The Kier molecular flexibility index (Phi) is 5.74. The largest absolute Gasteiger partial charge is 0.332 e. The van der Waals surface area contributed by atoms with Gasteiger partial charge in [0, 0.05) is 17.4 Å². The monoisotopic (exact) mass is 459 g/mol. The fraction of sp³-hybridized carbons (Fsp3) is 0.154. The Hall–Kier alpha value is -3.42. The van der Waals surface area contributed by atoms with E-state index in [-0.39, 0.29) is 23.7 Å². The summed E-state index contributed by atoms with van der Waals surface area (Å²) in [6.45, 7) is -0.00438. The Balaban J connectivity index is 1.73. The summed E-state index contributed by atoms with van der Waals surface area (Å²) in [4.78, 5) is 27.3. The van der Waals surface area contributed by atoms with Crippen LogP contribution < -0.4 is 17.0 Å². The van der Waals surface area contributed by atoms with Gasteiger partial charge in [-0.3, -0.25) is 13.9 Å². The van der Waals surface area contributed by atoms with Crippen molar-refractivity contribution >= 4 is 11.8 Å². The summed E-state index contributed by atoms with van der Waals surface area (Å²) < 4.78 is 17.6. The number of thioether (sulfide) groups is 1. The van der Waals surface area contributed by atoms with Crippen molar-refractivity contribution in [1.29, 1.82) is 0 Å². The molecule has 0 fully saturated rings. The van der Waals surface area contributed by atoms with Crippen molar-refractivity contribution in [1.82, 2.24) is 9.13 Å². The molecule has 2 heterocycles. The van der Waals surface area contributed by atoms with Crippen molar-refractivity contribution < 1.29 is 4.39 Å². The van der Waals surface area contributed by atoms with Crippen molar-refractivity contribution in [3.05, 3.63) is 123 Å². The Morgan fingerprint density at radius 3 is 2.27 bits per heavy atom. The zero-order valence-electron chi connectivity index (χ0n) is 17.7. The molecule has 0 amide bonds. The molecule has 0 saturated heterocycles. The van der Waals surface area contributed by atoms with Crippen molar-refractivity contribution in [2.24, 2.45) is 5.73 Å². The van der Waals surface area contributed by atoms with Crippen molar-refractivity contribution in [3.8, 4) is 11.1 Å². The van der Waals surface area contributed by atoms with Crippen molar-refractivity contribution in [2.75, 3.05) is 5.75 Å². The van der Waals surface area contributed by atoms with E-state index in [4.69, 9.17) is 5.73 Å². The quantitative estimate of drug-likeness (QED) is 0.454. The molecule has 1 aromatic heterocycles. The van der Waals surface area contributed by atoms with Gasteiger partial charge in [-0.1, -0.05) is 78.9 Å². The van der Waals surface area contributed by atoms with Crippen LogP contribution in [-0.2, 0) is 6.54 Å². The maximum Gasteiger partial charge on any atom is 0.332 e. The van der Waals surface area contributed by atoms with E-state index in [2.05, 4.69) is 0 Å². The highest BCUT2D eigenvalue weighted by atomic mass is 32.2. The number of halogens is 1. The van der Waals surface area contributed by atoms with Crippen LogP contribution in [0.2, 0.25) is 0 Å². The lowest BCUT2D eigenvalue weighted by molar-refractivity contribution is 0.477. The molecule has 5 rings (SSSR count). The molecular weight excluding hydrogens is 437 g/mol. The second-order valence-electron chi connectivity index (χ2n) is 7.98. The summed E-state index contributed by atoms with van der Waals surface area (Å²) in [5.74, 6) is 0.0771. The summed E-state index contributed by atoms with van der Waals surface area (Å²) in [5.41, 5.74) is 7.60. The lowest BCUT2D eigenvalue weighted by Gasteiger charge is -2.20. The van der Waals surface area contributed by atoms with Crippen LogP contribution in [0.3, 0.4) is 0 Å². The Labute approximate surface area is 194 Å². The lowest BCUT2D eigenvalue weighted by Crippen LogP contribution is -2.44. The number of rotatable bonds is 5. The molecule has 2 atom stereocenters. The first-order valence-corrected chi connectivity index (χ1v) is 11.7. The van der Waals surface area contributed by atoms with Gasteiger partial charge in [-0.05, 0) is 17.2 Å².